The summed E-state index contributed by atoms with van der Waals surface area (Å²) in [4.78, 5) is 7.25. The van der Waals surface area contributed by atoms with E-state index in [9.17, 15) is 0 Å². The van der Waals surface area contributed by atoms with E-state index in [1.54, 1.807) is 0 Å². The quantitative estimate of drug-likeness (QED) is 0.756. The Balaban J connectivity index is 2.14. The van der Waals surface area contributed by atoms with Gasteiger partial charge in [-0.2, -0.15) is 0 Å². The van der Waals surface area contributed by atoms with Crippen LogP contribution in [0.15, 0.2) is 29.0 Å². The minimum Gasteiger partial charge on any atom is -0.352 e. The zero-order chi connectivity index (χ0) is 13.2. The highest BCUT2D eigenvalue weighted by atomic mass is 15.3. The third kappa shape index (κ3) is 2.37. The van der Waals surface area contributed by atoms with Crippen molar-refractivity contribution in [1.82, 2.24) is 10.2 Å². The standard InChI is InChI=1S/C15H25N3/c1-5-7-12(3)17-14(8-6-2)18-11-15(16-4)9-13(18)10-15/h5,7-8,13,16H,6,9-11H2,1-4H3/b7-5-,14-8-,17-12-. The zero-order valence-corrected chi connectivity index (χ0v) is 12.0. The second kappa shape index (κ2) is 5.27. The van der Waals surface area contributed by atoms with E-state index in [1.807, 2.05) is 13.0 Å². The van der Waals surface area contributed by atoms with Gasteiger partial charge in [-0.3, -0.25) is 0 Å². The Hall–Kier alpha value is -1.09. The molecule has 3 aliphatic rings. The van der Waals surface area contributed by atoms with Crippen LogP contribution < -0.4 is 5.32 Å². The van der Waals surface area contributed by atoms with Gasteiger partial charge in [0, 0.05) is 23.8 Å². The summed E-state index contributed by atoms with van der Waals surface area (Å²) in [5.74, 6) is 1.16. The first-order chi connectivity index (χ1) is 8.64. The van der Waals surface area contributed by atoms with Gasteiger partial charge in [0.15, 0.2) is 0 Å². The van der Waals surface area contributed by atoms with Gasteiger partial charge in [0.05, 0.1) is 0 Å². The van der Waals surface area contributed by atoms with Crippen LogP contribution >= 0.6 is 0 Å². The maximum Gasteiger partial charge on any atom is 0.125 e. The monoisotopic (exact) mass is 247 g/mol. The smallest absolute Gasteiger partial charge is 0.125 e. The molecular weight excluding hydrogens is 222 g/mol. The van der Waals surface area contributed by atoms with Crippen molar-refractivity contribution in [1.29, 1.82) is 0 Å². The summed E-state index contributed by atoms with van der Waals surface area (Å²) in [6, 6.07) is 0.692. The summed E-state index contributed by atoms with van der Waals surface area (Å²) in [5, 5.41) is 3.48. The lowest BCUT2D eigenvalue weighted by molar-refractivity contribution is 0.232. The summed E-state index contributed by atoms with van der Waals surface area (Å²) in [5.41, 5.74) is 1.45. The van der Waals surface area contributed by atoms with Crippen LogP contribution in [0.2, 0.25) is 0 Å². The van der Waals surface area contributed by atoms with E-state index >= 15 is 0 Å². The van der Waals surface area contributed by atoms with Crippen LogP contribution in [-0.4, -0.2) is 35.8 Å². The molecule has 3 fully saturated rings. The number of likely N-dealkylation sites (N-methyl/N-ethyl adjacent to an activating group) is 1. The molecule has 2 bridgehead atoms. The molecule has 1 N–H and O–H groups in total. The topological polar surface area (TPSA) is 27.6 Å². The van der Waals surface area contributed by atoms with Crippen molar-refractivity contribution in [3.8, 4) is 0 Å². The molecule has 2 heterocycles. The lowest BCUT2D eigenvalue weighted by atomic mass is 9.78. The second-order valence-electron chi connectivity index (χ2n) is 5.44. The molecule has 0 atom stereocenters. The first kappa shape index (κ1) is 13.3. The lowest BCUT2D eigenvalue weighted by Gasteiger charge is -2.36. The Labute approximate surface area is 111 Å². The normalized spacial score (nSPS) is 32.2. The van der Waals surface area contributed by atoms with Gasteiger partial charge in [-0.15, -0.1) is 0 Å². The van der Waals surface area contributed by atoms with Crippen LogP contribution in [0.4, 0.5) is 0 Å². The van der Waals surface area contributed by atoms with E-state index in [0.717, 1.165) is 24.5 Å². The molecule has 3 heteroatoms. The average Bonchev–Trinajstić information content (AvgIpc) is 2.83. The number of aliphatic imine (C=N–C) groups is 1. The van der Waals surface area contributed by atoms with Crippen LogP contribution in [0.25, 0.3) is 0 Å². The summed E-state index contributed by atoms with van der Waals surface area (Å²) < 4.78 is 0. The van der Waals surface area contributed by atoms with Crippen molar-refractivity contribution in [2.24, 2.45) is 4.99 Å². The highest BCUT2D eigenvalue weighted by Crippen LogP contribution is 2.46. The number of allylic oxidation sites excluding steroid dienone is 3. The molecule has 0 amide bonds. The van der Waals surface area contributed by atoms with E-state index < -0.39 is 0 Å². The Bertz CT molecular complexity index is 387. The predicted octanol–water partition coefficient (Wildman–Crippen LogP) is 2.71. The number of hydrogen-bond donors (Lipinski definition) is 1. The van der Waals surface area contributed by atoms with Crippen LogP contribution in [0.5, 0.6) is 0 Å². The molecule has 1 saturated carbocycles. The Morgan fingerprint density at radius 1 is 1.50 bits per heavy atom. The molecule has 0 radical (unpaired) electrons. The van der Waals surface area contributed by atoms with Crippen molar-refractivity contribution in [2.45, 2.75) is 51.6 Å². The van der Waals surface area contributed by atoms with Crippen LogP contribution in [0, 0.1) is 0 Å². The minimum atomic E-state index is 0.363. The predicted molar refractivity (Wildman–Crippen MR) is 77.8 cm³/mol. The molecule has 2 saturated heterocycles. The second-order valence-corrected chi connectivity index (χ2v) is 5.44. The molecule has 0 aromatic heterocycles. The van der Waals surface area contributed by atoms with Crippen LogP contribution in [0.1, 0.15) is 40.0 Å². The zero-order valence-electron chi connectivity index (χ0n) is 12.0. The van der Waals surface area contributed by atoms with Gasteiger partial charge in [0.25, 0.3) is 0 Å². The fourth-order valence-corrected chi connectivity index (χ4v) is 3.07. The van der Waals surface area contributed by atoms with E-state index in [1.165, 1.54) is 12.8 Å². The van der Waals surface area contributed by atoms with Gasteiger partial charge < -0.3 is 10.2 Å². The summed E-state index contributed by atoms with van der Waals surface area (Å²) >= 11 is 0. The summed E-state index contributed by atoms with van der Waals surface area (Å²) in [6.45, 7) is 7.38. The van der Waals surface area contributed by atoms with E-state index in [2.05, 4.69) is 43.3 Å². The number of nitrogens with zero attached hydrogens (tertiary/aromatic N) is 2. The SMILES string of the molecule is C\C=C/C(C)=N\C(=C\CC)N1CC2(NC)CC1C2. The first-order valence-electron chi connectivity index (χ1n) is 6.98. The fraction of sp³-hybridized carbons (Fsp3) is 0.667. The maximum absolute atomic E-state index is 4.77. The molecule has 0 unspecified atom stereocenters. The van der Waals surface area contributed by atoms with Gasteiger partial charge in [0.2, 0.25) is 0 Å². The summed E-state index contributed by atoms with van der Waals surface area (Å²) in [7, 11) is 2.08. The molecule has 100 valence electrons. The Morgan fingerprint density at radius 2 is 2.22 bits per heavy atom. The third-order valence-corrected chi connectivity index (χ3v) is 4.08. The van der Waals surface area contributed by atoms with Gasteiger partial charge >= 0.3 is 0 Å². The third-order valence-electron chi connectivity index (χ3n) is 4.08. The van der Waals surface area contributed by atoms with Crippen molar-refractivity contribution >= 4 is 5.71 Å². The van der Waals surface area contributed by atoms with Crippen LogP contribution in [0.3, 0.4) is 0 Å². The molecule has 1 aliphatic carbocycles. The van der Waals surface area contributed by atoms with Gasteiger partial charge in [-0.1, -0.05) is 13.0 Å². The molecule has 0 spiro atoms. The fourth-order valence-electron chi connectivity index (χ4n) is 3.07. The molecule has 2 aliphatic heterocycles. The molecule has 18 heavy (non-hydrogen) atoms. The first-order valence-corrected chi connectivity index (χ1v) is 6.98. The van der Waals surface area contributed by atoms with E-state index in [4.69, 9.17) is 4.99 Å². The molecule has 3 nitrogen and oxygen atoms in total. The summed E-state index contributed by atoms with van der Waals surface area (Å²) in [6.07, 6.45) is 9.93. The molecule has 3 rings (SSSR count). The lowest BCUT2D eigenvalue weighted by Crippen LogP contribution is -2.50. The molecule has 0 aromatic rings. The number of nitrogens with one attached hydrogen (secondary N) is 1. The van der Waals surface area contributed by atoms with Crippen LogP contribution in [-0.2, 0) is 0 Å². The highest BCUT2D eigenvalue weighted by Gasteiger charge is 2.54. The molecule has 0 aromatic carbocycles. The van der Waals surface area contributed by atoms with Crippen molar-refractivity contribution in [2.75, 3.05) is 13.6 Å². The number of fused-ring (bicyclic) bond motifs is 1. The largest absolute Gasteiger partial charge is 0.352 e. The molecular formula is C15H25N3. The van der Waals surface area contributed by atoms with E-state index in [-0.39, 0.29) is 0 Å². The highest BCUT2D eigenvalue weighted by molar-refractivity contribution is 5.93. The number of hydrogen-bond acceptors (Lipinski definition) is 3. The van der Waals surface area contributed by atoms with Gasteiger partial charge in [0.1, 0.15) is 5.82 Å². The number of rotatable bonds is 5. The van der Waals surface area contributed by atoms with Crippen molar-refractivity contribution < 1.29 is 0 Å². The Morgan fingerprint density at radius 3 is 2.72 bits per heavy atom. The van der Waals surface area contributed by atoms with Crippen molar-refractivity contribution in [3.63, 3.8) is 0 Å². The maximum atomic E-state index is 4.77. The van der Waals surface area contributed by atoms with E-state index in [0.29, 0.717) is 11.6 Å². The Kier molecular flexibility index (Phi) is 3.91. The van der Waals surface area contributed by atoms with Gasteiger partial charge in [-0.25, -0.2) is 4.99 Å². The minimum absolute atomic E-state index is 0.363. The average molecular weight is 247 g/mol. The van der Waals surface area contributed by atoms with Gasteiger partial charge in [-0.05, 0) is 52.3 Å². The van der Waals surface area contributed by atoms with Crippen molar-refractivity contribution in [3.05, 3.63) is 24.0 Å².